The molecule has 0 saturated heterocycles. The van der Waals surface area contributed by atoms with Gasteiger partial charge < -0.3 is 14.8 Å². The maximum Gasteiger partial charge on any atom is 0.134 e. The van der Waals surface area contributed by atoms with Gasteiger partial charge in [-0.15, -0.1) is 0 Å². The van der Waals surface area contributed by atoms with Crippen molar-refractivity contribution in [1.29, 1.82) is 0 Å². The first-order valence-corrected chi connectivity index (χ1v) is 5.73. The summed E-state index contributed by atoms with van der Waals surface area (Å²) in [5.74, 6) is 2.40. The van der Waals surface area contributed by atoms with Crippen LogP contribution in [-0.4, -0.2) is 19.1 Å². The maximum absolute atomic E-state index is 5.83. The Kier molecular flexibility index (Phi) is 4.15. The fourth-order valence-corrected chi connectivity index (χ4v) is 1.61. The van der Waals surface area contributed by atoms with Gasteiger partial charge in [0.15, 0.2) is 0 Å². The van der Waals surface area contributed by atoms with Crippen LogP contribution < -0.4 is 14.8 Å². The van der Waals surface area contributed by atoms with Gasteiger partial charge in [-0.2, -0.15) is 0 Å². The lowest BCUT2D eigenvalue weighted by atomic mass is 10.2. The number of nitrogens with zero attached hydrogens (tertiary/aromatic N) is 1. The molecule has 4 nitrogen and oxygen atoms in total. The number of benzene rings is 1. The van der Waals surface area contributed by atoms with Crippen molar-refractivity contribution in [3.63, 3.8) is 0 Å². The minimum absolute atomic E-state index is 0.722. The van der Waals surface area contributed by atoms with Crippen LogP contribution in [0.25, 0.3) is 0 Å². The zero-order valence-electron chi connectivity index (χ0n) is 10.5. The third-order valence-corrected chi connectivity index (χ3v) is 2.51. The van der Waals surface area contributed by atoms with Crippen LogP contribution in [0.1, 0.15) is 5.56 Å². The van der Waals surface area contributed by atoms with Gasteiger partial charge in [0.25, 0.3) is 0 Å². The lowest BCUT2D eigenvalue weighted by Crippen LogP contribution is -2.06. The third-order valence-electron chi connectivity index (χ3n) is 2.51. The molecular formula is C14H16N2O2. The number of methoxy groups -OCH3 is 1. The maximum atomic E-state index is 5.83. The topological polar surface area (TPSA) is 43.4 Å². The smallest absolute Gasteiger partial charge is 0.134 e. The highest BCUT2D eigenvalue weighted by Gasteiger charge is 2.04. The van der Waals surface area contributed by atoms with E-state index in [1.165, 1.54) is 0 Å². The second-order valence-electron chi connectivity index (χ2n) is 3.79. The van der Waals surface area contributed by atoms with Crippen LogP contribution >= 0.6 is 0 Å². The largest absolute Gasteiger partial charge is 0.497 e. The molecule has 1 aromatic heterocycles. The van der Waals surface area contributed by atoms with Crippen molar-refractivity contribution in [2.24, 2.45) is 0 Å². The zero-order chi connectivity index (χ0) is 12.8. The van der Waals surface area contributed by atoms with Gasteiger partial charge in [0, 0.05) is 24.5 Å². The minimum Gasteiger partial charge on any atom is -0.497 e. The fraction of sp³-hybridized carbons (Fsp3) is 0.214. The van der Waals surface area contributed by atoms with Crippen molar-refractivity contribution in [2.45, 2.75) is 6.54 Å². The Morgan fingerprint density at radius 1 is 1.11 bits per heavy atom. The molecule has 2 aromatic rings. The average Bonchev–Trinajstić information content (AvgIpc) is 2.42. The van der Waals surface area contributed by atoms with Crippen molar-refractivity contribution in [3.8, 4) is 17.2 Å². The van der Waals surface area contributed by atoms with E-state index in [9.17, 15) is 0 Å². The second-order valence-corrected chi connectivity index (χ2v) is 3.79. The molecule has 1 heterocycles. The van der Waals surface area contributed by atoms with Gasteiger partial charge in [0.05, 0.1) is 7.11 Å². The summed E-state index contributed by atoms with van der Waals surface area (Å²) in [5.41, 5.74) is 1.02. The van der Waals surface area contributed by atoms with Crippen LogP contribution in [0.2, 0.25) is 0 Å². The van der Waals surface area contributed by atoms with E-state index in [0.717, 1.165) is 29.4 Å². The number of pyridine rings is 1. The van der Waals surface area contributed by atoms with Gasteiger partial charge in [-0.05, 0) is 37.4 Å². The van der Waals surface area contributed by atoms with Crippen molar-refractivity contribution < 1.29 is 9.47 Å². The van der Waals surface area contributed by atoms with E-state index in [1.807, 2.05) is 37.4 Å². The Hall–Kier alpha value is -2.07. The van der Waals surface area contributed by atoms with Gasteiger partial charge in [-0.3, -0.25) is 4.98 Å². The molecule has 0 aliphatic rings. The molecule has 0 aliphatic carbocycles. The number of aromatic nitrogens is 1. The van der Waals surface area contributed by atoms with E-state index in [1.54, 1.807) is 19.5 Å². The Morgan fingerprint density at radius 2 is 1.83 bits per heavy atom. The molecule has 0 amide bonds. The van der Waals surface area contributed by atoms with E-state index >= 15 is 0 Å². The molecular weight excluding hydrogens is 228 g/mol. The molecule has 94 valence electrons. The summed E-state index contributed by atoms with van der Waals surface area (Å²) < 4.78 is 10.9. The lowest BCUT2D eigenvalue weighted by molar-refractivity contribution is 0.412. The number of rotatable bonds is 5. The van der Waals surface area contributed by atoms with Crippen molar-refractivity contribution >= 4 is 0 Å². The molecule has 18 heavy (non-hydrogen) atoms. The van der Waals surface area contributed by atoms with E-state index in [2.05, 4.69) is 10.3 Å². The highest BCUT2D eigenvalue weighted by atomic mass is 16.5. The fourth-order valence-electron chi connectivity index (χ4n) is 1.61. The molecule has 4 heteroatoms. The molecule has 0 bridgehead atoms. The van der Waals surface area contributed by atoms with Gasteiger partial charge in [-0.25, -0.2) is 0 Å². The quantitative estimate of drug-likeness (QED) is 0.878. The normalized spacial score (nSPS) is 10.1. The summed E-state index contributed by atoms with van der Waals surface area (Å²) in [6, 6.07) is 9.35. The predicted octanol–water partition coefficient (Wildman–Crippen LogP) is 2.60. The first kappa shape index (κ1) is 12.4. The molecule has 1 N–H and O–H groups in total. The summed E-state index contributed by atoms with van der Waals surface area (Å²) in [7, 11) is 3.54. The van der Waals surface area contributed by atoms with Crippen LogP contribution in [-0.2, 0) is 6.54 Å². The summed E-state index contributed by atoms with van der Waals surface area (Å²) in [5, 5.41) is 3.09. The Balaban J connectivity index is 2.17. The Morgan fingerprint density at radius 3 is 2.50 bits per heavy atom. The van der Waals surface area contributed by atoms with E-state index in [-0.39, 0.29) is 0 Å². The van der Waals surface area contributed by atoms with Gasteiger partial charge >= 0.3 is 0 Å². The standard InChI is InChI=1S/C14H16N2O2/c1-15-9-11-10-16-8-7-14(11)18-13-5-3-12(17-2)4-6-13/h3-8,10,15H,9H2,1-2H3. The molecule has 0 saturated carbocycles. The summed E-state index contributed by atoms with van der Waals surface area (Å²) in [6.07, 6.45) is 3.52. The monoisotopic (exact) mass is 244 g/mol. The van der Waals surface area contributed by atoms with Gasteiger partial charge in [-0.1, -0.05) is 0 Å². The molecule has 1 aromatic carbocycles. The number of hydrogen-bond acceptors (Lipinski definition) is 4. The minimum atomic E-state index is 0.722. The SMILES string of the molecule is CNCc1cnccc1Oc1ccc(OC)cc1. The molecule has 0 atom stereocenters. The summed E-state index contributed by atoms with van der Waals surface area (Å²) in [4.78, 5) is 4.09. The van der Waals surface area contributed by atoms with E-state index in [4.69, 9.17) is 9.47 Å². The molecule has 0 fully saturated rings. The Labute approximate surface area is 107 Å². The second kappa shape index (κ2) is 6.02. The van der Waals surface area contributed by atoms with Crippen LogP contribution in [0, 0.1) is 0 Å². The molecule has 0 radical (unpaired) electrons. The molecule has 0 spiro atoms. The average molecular weight is 244 g/mol. The van der Waals surface area contributed by atoms with E-state index < -0.39 is 0 Å². The first-order chi connectivity index (χ1) is 8.83. The van der Waals surface area contributed by atoms with Gasteiger partial charge in [0.1, 0.15) is 17.2 Å². The van der Waals surface area contributed by atoms with Crippen molar-refractivity contribution in [1.82, 2.24) is 10.3 Å². The number of ether oxygens (including phenoxy) is 2. The highest BCUT2D eigenvalue weighted by Crippen LogP contribution is 2.26. The van der Waals surface area contributed by atoms with Crippen LogP contribution in [0.3, 0.4) is 0 Å². The van der Waals surface area contributed by atoms with Crippen molar-refractivity contribution in [2.75, 3.05) is 14.2 Å². The van der Waals surface area contributed by atoms with Crippen LogP contribution in [0.5, 0.6) is 17.2 Å². The lowest BCUT2D eigenvalue weighted by Gasteiger charge is -2.10. The highest BCUT2D eigenvalue weighted by molar-refractivity contribution is 5.38. The van der Waals surface area contributed by atoms with Crippen LogP contribution in [0.4, 0.5) is 0 Å². The number of nitrogens with one attached hydrogen (secondary N) is 1. The Bertz CT molecular complexity index is 497. The number of hydrogen-bond donors (Lipinski definition) is 1. The molecule has 0 aliphatic heterocycles. The summed E-state index contributed by atoms with van der Waals surface area (Å²) >= 11 is 0. The zero-order valence-corrected chi connectivity index (χ0v) is 10.5. The van der Waals surface area contributed by atoms with Crippen LogP contribution in [0.15, 0.2) is 42.7 Å². The molecule has 2 rings (SSSR count). The summed E-state index contributed by atoms with van der Waals surface area (Å²) in [6.45, 7) is 0.722. The van der Waals surface area contributed by atoms with Crippen molar-refractivity contribution in [3.05, 3.63) is 48.3 Å². The first-order valence-electron chi connectivity index (χ1n) is 5.73. The third kappa shape index (κ3) is 2.99. The molecule has 0 unspecified atom stereocenters. The predicted molar refractivity (Wildman–Crippen MR) is 70.1 cm³/mol. The van der Waals surface area contributed by atoms with Gasteiger partial charge in [0.2, 0.25) is 0 Å². The van der Waals surface area contributed by atoms with E-state index in [0.29, 0.717) is 0 Å².